The number of likely N-dealkylation sites (N-methyl/N-ethyl adjacent to an activating group) is 1. The van der Waals surface area contributed by atoms with E-state index < -0.39 is 0 Å². The molecule has 1 heterocycles. The predicted octanol–water partition coefficient (Wildman–Crippen LogP) is 1.09. The average molecular weight is 224 g/mol. The van der Waals surface area contributed by atoms with Crippen LogP contribution in [0, 0.1) is 6.92 Å². The number of nitrogens with two attached hydrogens (primary N) is 1. The van der Waals surface area contributed by atoms with Crippen molar-refractivity contribution in [1.29, 1.82) is 0 Å². The summed E-state index contributed by atoms with van der Waals surface area (Å²) in [6.07, 6.45) is 0. The molecule has 0 unspecified atom stereocenters. The Morgan fingerprint density at radius 1 is 1.31 bits per heavy atom. The van der Waals surface area contributed by atoms with Crippen LogP contribution in [0.15, 0.2) is 6.07 Å². The summed E-state index contributed by atoms with van der Waals surface area (Å²) in [5.74, 6) is 0.815. The summed E-state index contributed by atoms with van der Waals surface area (Å²) >= 11 is 0. The molecule has 0 radical (unpaired) electrons. The van der Waals surface area contributed by atoms with Crippen LogP contribution in [-0.2, 0) is 0 Å². The zero-order valence-corrected chi connectivity index (χ0v) is 10.2. The quantitative estimate of drug-likeness (QED) is 0.783. The molecule has 1 aromatic heterocycles. The van der Waals surface area contributed by atoms with Crippen LogP contribution in [0.25, 0.3) is 0 Å². The molecule has 0 saturated carbocycles. The Balaban J connectivity index is 2.42. The molecule has 90 valence electrons. The molecule has 0 saturated heterocycles. The van der Waals surface area contributed by atoms with E-state index in [9.17, 15) is 0 Å². The van der Waals surface area contributed by atoms with Crippen molar-refractivity contribution in [2.45, 2.75) is 20.8 Å². The molecule has 1 rings (SSSR count). The minimum absolute atomic E-state index is 0.262. The zero-order chi connectivity index (χ0) is 12.0. The highest BCUT2D eigenvalue weighted by atomic mass is 16.5. The van der Waals surface area contributed by atoms with Gasteiger partial charge in [0.15, 0.2) is 0 Å². The number of aryl methyl sites for hydroxylation is 1. The molecule has 0 atom stereocenters. The highest BCUT2D eigenvalue weighted by molar-refractivity contribution is 5.25. The molecule has 5 heteroatoms. The summed E-state index contributed by atoms with van der Waals surface area (Å²) in [6, 6.07) is 1.79. The first kappa shape index (κ1) is 12.7. The smallest absolute Gasteiger partial charge is 0.223 e. The number of ether oxygens (including phenoxy) is 1. The van der Waals surface area contributed by atoms with Crippen LogP contribution in [0.3, 0.4) is 0 Å². The highest BCUT2D eigenvalue weighted by Gasteiger charge is 2.02. The van der Waals surface area contributed by atoms with Crippen molar-refractivity contribution >= 4 is 5.95 Å². The lowest BCUT2D eigenvalue weighted by atomic mass is 10.4. The second-order valence-corrected chi connectivity index (χ2v) is 3.58. The first-order chi connectivity index (χ1) is 7.65. The molecule has 0 aliphatic rings. The van der Waals surface area contributed by atoms with E-state index in [-0.39, 0.29) is 5.95 Å². The fourth-order valence-electron chi connectivity index (χ4n) is 1.45. The van der Waals surface area contributed by atoms with Gasteiger partial charge >= 0.3 is 0 Å². The molecule has 0 spiro atoms. The summed E-state index contributed by atoms with van der Waals surface area (Å²) in [4.78, 5) is 10.3. The maximum atomic E-state index is 5.53. The largest absolute Gasteiger partial charge is 0.476 e. The molecule has 16 heavy (non-hydrogen) atoms. The lowest BCUT2D eigenvalue weighted by Crippen LogP contribution is -2.28. The van der Waals surface area contributed by atoms with Crippen LogP contribution in [0.5, 0.6) is 5.88 Å². The molecule has 0 aromatic carbocycles. The maximum Gasteiger partial charge on any atom is 0.223 e. The van der Waals surface area contributed by atoms with Crippen LogP contribution >= 0.6 is 0 Å². The van der Waals surface area contributed by atoms with Gasteiger partial charge in [-0.1, -0.05) is 13.8 Å². The topological polar surface area (TPSA) is 64.3 Å². The Bertz CT molecular complexity index is 306. The molecular weight excluding hydrogens is 204 g/mol. The van der Waals surface area contributed by atoms with Gasteiger partial charge in [0.05, 0.1) is 0 Å². The Morgan fingerprint density at radius 3 is 2.56 bits per heavy atom. The van der Waals surface area contributed by atoms with E-state index in [1.807, 2.05) is 6.92 Å². The summed E-state index contributed by atoms with van der Waals surface area (Å²) in [7, 11) is 0. The van der Waals surface area contributed by atoms with E-state index in [2.05, 4.69) is 28.7 Å². The Kier molecular flexibility index (Phi) is 4.98. The Labute approximate surface area is 96.6 Å². The number of aromatic nitrogens is 2. The molecule has 0 aliphatic carbocycles. The van der Waals surface area contributed by atoms with Gasteiger partial charge in [0.25, 0.3) is 0 Å². The van der Waals surface area contributed by atoms with Gasteiger partial charge in [-0.2, -0.15) is 4.98 Å². The summed E-state index contributed by atoms with van der Waals surface area (Å²) in [5.41, 5.74) is 6.36. The fourth-order valence-corrected chi connectivity index (χ4v) is 1.45. The van der Waals surface area contributed by atoms with Crippen molar-refractivity contribution < 1.29 is 4.74 Å². The number of nitrogen functional groups attached to an aromatic ring is 1. The molecule has 0 fully saturated rings. The van der Waals surface area contributed by atoms with Gasteiger partial charge in [0, 0.05) is 18.3 Å². The van der Waals surface area contributed by atoms with Gasteiger partial charge in [0.1, 0.15) is 6.61 Å². The molecule has 0 amide bonds. The third-order valence-corrected chi connectivity index (χ3v) is 2.40. The van der Waals surface area contributed by atoms with E-state index >= 15 is 0 Å². The van der Waals surface area contributed by atoms with Crippen molar-refractivity contribution in [2.24, 2.45) is 0 Å². The van der Waals surface area contributed by atoms with Crippen LogP contribution in [0.4, 0.5) is 5.95 Å². The summed E-state index contributed by atoms with van der Waals surface area (Å²) < 4.78 is 5.53. The summed E-state index contributed by atoms with van der Waals surface area (Å²) in [6.45, 7) is 9.73. The van der Waals surface area contributed by atoms with Gasteiger partial charge in [-0.3, -0.25) is 0 Å². The number of nitrogens with zero attached hydrogens (tertiary/aromatic N) is 3. The second-order valence-electron chi connectivity index (χ2n) is 3.58. The molecule has 0 bridgehead atoms. The predicted molar refractivity (Wildman–Crippen MR) is 64.5 cm³/mol. The average Bonchev–Trinajstić information content (AvgIpc) is 2.23. The van der Waals surface area contributed by atoms with Crippen LogP contribution in [0.1, 0.15) is 19.5 Å². The van der Waals surface area contributed by atoms with E-state index in [4.69, 9.17) is 10.5 Å². The van der Waals surface area contributed by atoms with E-state index in [1.54, 1.807) is 6.07 Å². The lowest BCUT2D eigenvalue weighted by molar-refractivity contribution is 0.218. The fraction of sp³-hybridized carbons (Fsp3) is 0.636. The van der Waals surface area contributed by atoms with Crippen molar-refractivity contribution in [3.05, 3.63) is 11.8 Å². The second kappa shape index (κ2) is 6.27. The van der Waals surface area contributed by atoms with Gasteiger partial charge in [-0.05, 0) is 20.0 Å². The van der Waals surface area contributed by atoms with Crippen LogP contribution in [0.2, 0.25) is 0 Å². The van der Waals surface area contributed by atoms with Crippen molar-refractivity contribution in [2.75, 3.05) is 32.0 Å². The van der Waals surface area contributed by atoms with Crippen molar-refractivity contribution in [3.8, 4) is 5.88 Å². The monoisotopic (exact) mass is 224 g/mol. The van der Waals surface area contributed by atoms with E-state index in [1.165, 1.54) is 0 Å². The normalized spacial score (nSPS) is 10.8. The number of anilines is 1. The van der Waals surface area contributed by atoms with Gasteiger partial charge < -0.3 is 15.4 Å². The zero-order valence-electron chi connectivity index (χ0n) is 10.2. The van der Waals surface area contributed by atoms with Crippen molar-refractivity contribution in [3.63, 3.8) is 0 Å². The lowest BCUT2D eigenvalue weighted by Gasteiger charge is -2.17. The molecule has 0 aliphatic heterocycles. The van der Waals surface area contributed by atoms with E-state index in [0.29, 0.717) is 12.5 Å². The molecule has 1 aromatic rings. The first-order valence-corrected chi connectivity index (χ1v) is 5.62. The third-order valence-electron chi connectivity index (χ3n) is 2.40. The molecule has 5 nitrogen and oxygen atoms in total. The number of hydrogen-bond donors (Lipinski definition) is 1. The Hall–Kier alpha value is -1.36. The van der Waals surface area contributed by atoms with Gasteiger partial charge in [-0.25, -0.2) is 4.98 Å². The first-order valence-electron chi connectivity index (χ1n) is 5.62. The molecular formula is C11H20N4O. The third kappa shape index (κ3) is 4.02. The number of hydrogen-bond acceptors (Lipinski definition) is 5. The SMILES string of the molecule is CCN(CC)CCOc1cc(C)nc(N)n1. The summed E-state index contributed by atoms with van der Waals surface area (Å²) in [5, 5.41) is 0. The van der Waals surface area contributed by atoms with Gasteiger partial charge in [-0.15, -0.1) is 0 Å². The van der Waals surface area contributed by atoms with Crippen LogP contribution < -0.4 is 10.5 Å². The molecule has 2 N–H and O–H groups in total. The number of rotatable bonds is 6. The van der Waals surface area contributed by atoms with E-state index in [0.717, 1.165) is 25.3 Å². The Morgan fingerprint density at radius 2 is 2.00 bits per heavy atom. The minimum Gasteiger partial charge on any atom is -0.476 e. The minimum atomic E-state index is 0.262. The highest BCUT2D eigenvalue weighted by Crippen LogP contribution is 2.09. The standard InChI is InChI=1S/C11H20N4O/c1-4-15(5-2)6-7-16-10-8-9(3)13-11(12)14-10/h8H,4-7H2,1-3H3,(H2,12,13,14). The van der Waals surface area contributed by atoms with Crippen molar-refractivity contribution in [1.82, 2.24) is 14.9 Å². The maximum absolute atomic E-state index is 5.53. The van der Waals surface area contributed by atoms with Gasteiger partial charge in [0.2, 0.25) is 11.8 Å². The van der Waals surface area contributed by atoms with Crippen LogP contribution in [-0.4, -0.2) is 41.1 Å².